The predicted octanol–water partition coefficient (Wildman–Crippen LogP) is 4.19. The van der Waals surface area contributed by atoms with Crippen molar-refractivity contribution in [1.82, 2.24) is 15.5 Å². The summed E-state index contributed by atoms with van der Waals surface area (Å²) in [6.45, 7) is 2.04. The first-order valence-electron chi connectivity index (χ1n) is 7.70. The first kappa shape index (κ1) is 17.5. The summed E-state index contributed by atoms with van der Waals surface area (Å²) in [5.74, 6) is 0.781. The normalized spacial score (nSPS) is 11.9. The highest BCUT2D eigenvalue weighted by molar-refractivity contribution is 8.00. The van der Waals surface area contributed by atoms with Crippen LogP contribution in [0.4, 0.5) is 0 Å². The zero-order chi connectivity index (χ0) is 17.6. The molecule has 0 radical (unpaired) electrons. The molecule has 5 nitrogen and oxygen atoms in total. The molecule has 0 fully saturated rings. The van der Waals surface area contributed by atoms with Crippen molar-refractivity contribution in [2.75, 3.05) is 0 Å². The van der Waals surface area contributed by atoms with E-state index in [1.165, 1.54) is 11.8 Å². The van der Waals surface area contributed by atoms with Crippen LogP contribution in [-0.2, 0) is 11.3 Å². The number of benzene rings is 2. The predicted molar refractivity (Wildman–Crippen MR) is 98.4 cm³/mol. The number of carbonyl (C=O) groups excluding carboxylic acids is 1. The Balaban J connectivity index is 1.53. The van der Waals surface area contributed by atoms with Gasteiger partial charge in [-0.05, 0) is 31.2 Å². The van der Waals surface area contributed by atoms with Crippen LogP contribution in [0, 0.1) is 0 Å². The van der Waals surface area contributed by atoms with E-state index in [1.54, 1.807) is 12.1 Å². The van der Waals surface area contributed by atoms with Crippen molar-refractivity contribution < 1.29 is 9.32 Å². The second-order valence-electron chi connectivity index (χ2n) is 5.31. The van der Waals surface area contributed by atoms with Crippen molar-refractivity contribution in [3.8, 4) is 11.4 Å². The van der Waals surface area contributed by atoms with E-state index in [1.807, 2.05) is 49.4 Å². The molecule has 1 heterocycles. The molecule has 1 atom stereocenters. The topological polar surface area (TPSA) is 68.0 Å². The third-order valence-electron chi connectivity index (χ3n) is 3.41. The quantitative estimate of drug-likeness (QED) is 0.656. The number of carbonyl (C=O) groups is 1. The van der Waals surface area contributed by atoms with Crippen LogP contribution in [0.5, 0.6) is 0 Å². The Labute approximate surface area is 154 Å². The number of nitrogens with zero attached hydrogens (tertiary/aromatic N) is 2. The molecule has 0 aliphatic heterocycles. The van der Waals surface area contributed by atoms with Gasteiger partial charge in [-0.25, -0.2) is 0 Å². The van der Waals surface area contributed by atoms with Crippen LogP contribution in [0.25, 0.3) is 11.4 Å². The number of hydrogen-bond donors (Lipinski definition) is 1. The Morgan fingerprint density at radius 3 is 2.64 bits per heavy atom. The summed E-state index contributed by atoms with van der Waals surface area (Å²) in [4.78, 5) is 17.5. The minimum Gasteiger partial charge on any atom is -0.346 e. The molecule has 0 spiro atoms. The molecule has 25 heavy (non-hydrogen) atoms. The third-order valence-corrected chi connectivity index (χ3v) is 4.77. The molecule has 3 aromatic rings. The van der Waals surface area contributed by atoms with Crippen LogP contribution in [-0.4, -0.2) is 21.3 Å². The lowest BCUT2D eigenvalue weighted by Gasteiger charge is -2.10. The van der Waals surface area contributed by atoms with Gasteiger partial charge < -0.3 is 9.84 Å². The number of aromatic nitrogens is 2. The van der Waals surface area contributed by atoms with Gasteiger partial charge in [-0.3, -0.25) is 4.79 Å². The van der Waals surface area contributed by atoms with Gasteiger partial charge in [-0.2, -0.15) is 4.98 Å². The molecule has 3 rings (SSSR count). The van der Waals surface area contributed by atoms with E-state index in [4.69, 9.17) is 16.1 Å². The Morgan fingerprint density at radius 2 is 1.92 bits per heavy atom. The Hall–Kier alpha value is -2.31. The van der Waals surface area contributed by atoms with E-state index in [-0.39, 0.29) is 17.7 Å². The van der Waals surface area contributed by atoms with E-state index in [0.717, 1.165) is 10.5 Å². The lowest BCUT2D eigenvalue weighted by Crippen LogP contribution is -2.30. The fraction of sp³-hybridized carbons (Fsp3) is 0.167. The van der Waals surface area contributed by atoms with Crippen molar-refractivity contribution >= 4 is 29.3 Å². The van der Waals surface area contributed by atoms with Gasteiger partial charge in [0.25, 0.3) is 0 Å². The summed E-state index contributed by atoms with van der Waals surface area (Å²) in [5, 5.41) is 7.16. The van der Waals surface area contributed by atoms with Gasteiger partial charge >= 0.3 is 0 Å². The smallest absolute Gasteiger partial charge is 0.246 e. The second-order valence-corrected chi connectivity index (χ2v) is 7.16. The highest BCUT2D eigenvalue weighted by Crippen LogP contribution is 2.24. The molecule has 0 saturated heterocycles. The number of hydrogen-bond acceptors (Lipinski definition) is 5. The fourth-order valence-corrected chi connectivity index (χ4v) is 3.13. The van der Waals surface area contributed by atoms with Crippen molar-refractivity contribution in [3.63, 3.8) is 0 Å². The minimum atomic E-state index is -0.252. The van der Waals surface area contributed by atoms with Crippen LogP contribution in [0.3, 0.4) is 0 Å². The monoisotopic (exact) mass is 373 g/mol. The summed E-state index contributed by atoms with van der Waals surface area (Å²) < 4.78 is 5.18. The van der Waals surface area contributed by atoms with E-state index >= 15 is 0 Å². The van der Waals surface area contributed by atoms with Gasteiger partial charge in [0.2, 0.25) is 17.6 Å². The standard InChI is InChI=1S/C18H16ClN3O2S/c1-12(25-15-9-7-14(19)8-10-15)18(23)20-11-16-21-17(22-24-16)13-5-3-2-4-6-13/h2-10,12H,11H2,1H3,(H,20,23)/t12-/m0/s1. The molecule has 0 unspecified atom stereocenters. The van der Waals surface area contributed by atoms with Gasteiger partial charge in [-0.15, -0.1) is 11.8 Å². The maximum Gasteiger partial charge on any atom is 0.246 e. The highest BCUT2D eigenvalue weighted by atomic mass is 35.5. The molecule has 1 amide bonds. The average Bonchev–Trinajstić information content (AvgIpc) is 3.11. The molecule has 0 aliphatic carbocycles. The molecule has 1 aromatic heterocycles. The molecular weight excluding hydrogens is 358 g/mol. The largest absolute Gasteiger partial charge is 0.346 e. The summed E-state index contributed by atoms with van der Waals surface area (Å²) in [5.41, 5.74) is 0.871. The van der Waals surface area contributed by atoms with E-state index < -0.39 is 0 Å². The van der Waals surface area contributed by atoms with Gasteiger partial charge in [-0.1, -0.05) is 47.1 Å². The number of thioether (sulfide) groups is 1. The first-order chi connectivity index (χ1) is 12.1. The molecule has 2 aromatic carbocycles. The summed E-state index contributed by atoms with van der Waals surface area (Å²) in [7, 11) is 0. The molecule has 1 N–H and O–H groups in total. The molecule has 0 bridgehead atoms. The number of amides is 1. The highest BCUT2D eigenvalue weighted by Gasteiger charge is 2.16. The molecule has 7 heteroatoms. The number of nitrogens with one attached hydrogen (secondary N) is 1. The van der Waals surface area contributed by atoms with Crippen molar-refractivity contribution in [2.24, 2.45) is 0 Å². The lowest BCUT2D eigenvalue weighted by atomic mass is 10.2. The van der Waals surface area contributed by atoms with Gasteiger partial charge in [0.15, 0.2) is 0 Å². The van der Waals surface area contributed by atoms with Crippen molar-refractivity contribution in [2.45, 2.75) is 23.6 Å². The SMILES string of the molecule is C[C@H](Sc1ccc(Cl)cc1)C(=O)NCc1nc(-c2ccccc2)no1. The summed E-state index contributed by atoms with van der Waals surface area (Å²) in [6.07, 6.45) is 0. The van der Waals surface area contributed by atoms with Crippen molar-refractivity contribution in [3.05, 3.63) is 65.5 Å². The molecular formula is C18H16ClN3O2S. The van der Waals surface area contributed by atoms with Crippen molar-refractivity contribution in [1.29, 1.82) is 0 Å². The maximum absolute atomic E-state index is 12.2. The third kappa shape index (κ3) is 4.84. The maximum atomic E-state index is 12.2. The zero-order valence-corrected chi connectivity index (χ0v) is 15.1. The minimum absolute atomic E-state index is 0.0978. The van der Waals surface area contributed by atoms with E-state index in [2.05, 4.69) is 15.5 Å². The average molecular weight is 374 g/mol. The fourth-order valence-electron chi connectivity index (χ4n) is 2.11. The van der Waals surface area contributed by atoms with Crippen LogP contribution in [0.2, 0.25) is 5.02 Å². The molecule has 128 valence electrons. The molecule has 0 saturated carbocycles. The second kappa shape index (κ2) is 8.18. The van der Waals surface area contributed by atoms with E-state index in [9.17, 15) is 4.79 Å². The van der Waals surface area contributed by atoms with E-state index in [0.29, 0.717) is 16.7 Å². The summed E-state index contributed by atoms with van der Waals surface area (Å²) in [6, 6.07) is 16.9. The Kier molecular flexibility index (Phi) is 5.73. The molecule has 0 aliphatic rings. The van der Waals surface area contributed by atoms with Gasteiger partial charge in [0.1, 0.15) is 0 Å². The number of halogens is 1. The Morgan fingerprint density at radius 1 is 1.20 bits per heavy atom. The van der Waals surface area contributed by atoms with Crippen LogP contribution >= 0.6 is 23.4 Å². The number of rotatable bonds is 6. The first-order valence-corrected chi connectivity index (χ1v) is 8.95. The Bertz CT molecular complexity index is 837. The van der Waals surface area contributed by atoms with Crippen LogP contribution < -0.4 is 5.32 Å². The summed E-state index contributed by atoms with van der Waals surface area (Å²) >= 11 is 7.32. The van der Waals surface area contributed by atoms with Crippen LogP contribution in [0.15, 0.2) is 64.0 Å². The van der Waals surface area contributed by atoms with Gasteiger partial charge in [0, 0.05) is 15.5 Å². The van der Waals surface area contributed by atoms with Crippen LogP contribution in [0.1, 0.15) is 12.8 Å². The lowest BCUT2D eigenvalue weighted by molar-refractivity contribution is -0.120. The zero-order valence-electron chi connectivity index (χ0n) is 13.5. The van der Waals surface area contributed by atoms with Gasteiger partial charge in [0.05, 0.1) is 11.8 Å².